The molecule has 0 aliphatic carbocycles. The lowest BCUT2D eigenvalue weighted by Gasteiger charge is -2.18. The van der Waals surface area contributed by atoms with E-state index in [2.05, 4.69) is 23.3 Å². The third-order valence-electron chi connectivity index (χ3n) is 2.53. The van der Waals surface area contributed by atoms with Gasteiger partial charge in [0.1, 0.15) is 0 Å². The summed E-state index contributed by atoms with van der Waals surface area (Å²) in [6.07, 6.45) is 3.57. The molecule has 0 fully saturated rings. The molecular weight excluding hydrogens is 228 g/mol. The summed E-state index contributed by atoms with van der Waals surface area (Å²) in [5, 5.41) is 3.45. The lowest BCUT2D eigenvalue weighted by Crippen LogP contribution is -2.28. The Morgan fingerprint density at radius 2 is 2.33 bits per heavy atom. The third-order valence-corrected chi connectivity index (χ3v) is 3.94. The molecule has 4 heteroatoms. The minimum Gasteiger partial charge on any atom is -0.367 e. The maximum Gasteiger partial charge on any atom is 0.0968 e. The van der Waals surface area contributed by atoms with Gasteiger partial charge in [-0.25, -0.2) is 0 Å². The van der Waals surface area contributed by atoms with E-state index in [1.807, 2.05) is 6.07 Å². The number of nitrogens with one attached hydrogen (secondary N) is 1. The summed E-state index contributed by atoms with van der Waals surface area (Å²) in [6, 6.07) is 4.34. The molecule has 0 amide bonds. The van der Waals surface area contributed by atoms with E-state index in [1.165, 1.54) is 17.7 Å². The fourth-order valence-corrected chi connectivity index (χ4v) is 2.76. The average Bonchev–Trinajstić information content (AvgIpc) is 2.66. The molecule has 1 aliphatic rings. The molecule has 1 aromatic heterocycles. The van der Waals surface area contributed by atoms with Crippen LogP contribution in [0.4, 0.5) is 0 Å². The Morgan fingerprint density at radius 1 is 1.47 bits per heavy atom. The molecule has 0 bridgehead atoms. The number of hydrogen-bond donors (Lipinski definition) is 1. The second-order valence-electron chi connectivity index (χ2n) is 3.79. The van der Waals surface area contributed by atoms with E-state index in [0.717, 1.165) is 23.1 Å². The average molecular weight is 243 g/mol. The van der Waals surface area contributed by atoms with Gasteiger partial charge >= 0.3 is 0 Å². The van der Waals surface area contributed by atoms with Crippen molar-refractivity contribution in [3.05, 3.63) is 21.3 Å². The molecule has 0 saturated carbocycles. The van der Waals surface area contributed by atoms with E-state index < -0.39 is 0 Å². The first-order chi connectivity index (χ1) is 7.25. The maximum absolute atomic E-state index is 5.91. The highest BCUT2D eigenvalue weighted by molar-refractivity contribution is 7.16. The van der Waals surface area contributed by atoms with E-state index in [-0.39, 0.29) is 0 Å². The van der Waals surface area contributed by atoms with Gasteiger partial charge in [-0.1, -0.05) is 11.6 Å². The topological polar surface area (TPSA) is 24.4 Å². The lowest BCUT2D eigenvalue weighted by atomic mass is 10.1. The zero-order chi connectivity index (χ0) is 10.7. The van der Waals surface area contributed by atoms with Gasteiger partial charge in [0.15, 0.2) is 0 Å². The Kier molecular flexibility index (Phi) is 3.65. The maximum atomic E-state index is 5.91. The van der Waals surface area contributed by atoms with Crippen molar-refractivity contribution in [3.63, 3.8) is 0 Å². The van der Waals surface area contributed by atoms with Crippen molar-refractivity contribution in [2.75, 3.05) is 6.54 Å². The fraction of sp³-hybridized carbons (Fsp3) is 0.545. The van der Waals surface area contributed by atoms with E-state index in [9.17, 15) is 0 Å². The van der Waals surface area contributed by atoms with Gasteiger partial charge in [0, 0.05) is 17.8 Å². The van der Waals surface area contributed by atoms with Crippen LogP contribution in [-0.4, -0.2) is 12.4 Å². The van der Waals surface area contributed by atoms with Crippen molar-refractivity contribution >= 4 is 28.8 Å². The van der Waals surface area contributed by atoms with Gasteiger partial charge in [-0.2, -0.15) is 0 Å². The zero-order valence-corrected chi connectivity index (χ0v) is 10.4. The van der Waals surface area contributed by atoms with E-state index >= 15 is 0 Å². The highest BCUT2D eigenvalue weighted by Gasteiger charge is 2.11. The SMILES string of the molecule is CC(NC1=NCCCC1)c1ccc(Cl)s1. The number of hydrogen-bond acceptors (Lipinski definition) is 3. The second kappa shape index (κ2) is 4.99. The van der Waals surface area contributed by atoms with E-state index in [0.29, 0.717) is 6.04 Å². The summed E-state index contributed by atoms with van der Waals surface area (Å²) in [4.78, 5) is 5.75. The molecule has 15 heavy (non-hydrogen) atoms. The van der Waals surface area contributed by atoms with Crippen LogP contribution in [0.25, 0.3) is 0 Å². The molecule has 1 aliphatic heterocycles. The van der Waals surface area contributed by atoms with Crippen molar-refractivity contribution in [2.45, 2.75) is 32.2 Å². The Hall–Kier alpha value is -0.540. The minimum atomic E-state index is 0.319. The molecule has 1 aromatic rings. The molecule has 0 radical (unpaired) electrons. The molecule has 82 valence electrons. The summed E-state index contributed by atoms with van der Waals surface area (Å²) in [5.41, 5.74) is 0. The van der Waals surface area contributed by atoms with Crippen LogP contribution in [0.5, 0.6) is 0 Å². The molecule has 2 rings (SSSR count). The van der Waals surface area contributed by atoms with Gasteiger partial charge in [0.05, 0.1) is 16.2 Å². The number of amidine groups is 1. The van der Waals surface area contributed by atoms with Crippen LogP contribution in [0.2, 0.25) is 4.34 Å². The molecule has 1 atom stereocenters. The third kappa shape index (κ3) is 2.95. The number of thiophene rings is 1. The Bertz CT molecular complexity index is 359. The molecule has 0 aromatic carbocycles. The van der Waals surface area contributed by atoms with Gasteiger partial charge in [-0.3, -0.25) is 4.99 Å². The van der Waals surface area contributed by atoms with Crippen molar-refractivity contribution in [2.24, 2.45) is 4.99 Å². The first-order valence-electron chi connectivity index (χ1n) is 5.31. The summed E-state index contributed by atoms with van der Waals surface area (Å²) in [7, 11) is 0. The smallest absolute Gasteiger partial charge is 0.0968 e. The van der Waals surface area contributed by atoms with E-state index in [4.69, 9.17) is 11.6 Å². The predicted molar refractivity (Wildman–Crippen MR) is 67.0 cm³/mol. The van der Waals surface area contributed by atoms with Crippen LogP contribution in [0.3, 0.4) is 0 Å². The quantitative estimate of drug-likeness (QED) is 0.842. The minimum absolute atomic E-state index is 0.319. The van der Waals surface area contributed by atoms with Crippen molar-refractivity contribution in [1.82, 2.24) is 5.32 Å². The van der Waals surface area contributed by atoms with Crippen LogP contribution >= 0.6 is 22.9 Å². The molecule has 2 heterocycles. The van der Waals surface area contributed by atoms with Crippen LogP contribution in [0.1, 0.15) is 37.1 Å². The summed E-state index contributed by atoms with van der Waals surface area (Å²) in [6.45, 7) is 3.12. The van der Waals surface area contributed by atoms with Crippen LogP contribution in [0, 0.1) is 0 Å². The molecule has 0 saturated heterocycles. The van der Waals surface area contributed by atoms with Gasteiger partial charge in [-0.15, -0.1) is 11.3 Å². The van der Waals surface area contributed by atoms with Crippen molar-refractivity contribution < 1.29 is 0 Å². The monoisotopic (exact) mass is 242 g/mol. The number of rotatable bonds is 2. The van der Waals surface area contributed by atoms with E-state index in [1.54, 1.807) is 11.3 Å². The molecule has 1 N–H and O–H groups in total. The standard InChI is InChI=1S/C11H15ClN2S/c1-8(9-5-6-10(12)15-9)14-11-4-2-3-7-13-11/h5-6,8H,2-4,7H2,1H3,(H,13,14). The normalized spacial score (nSPS) is 18.4. The summed E-state index contributed by atoms with van der Waals surface area (Å²) in [5.74, 6) is 1.15. The van der Waals surface area contributed by atoms with Crippen LogP contribution in [0.15, 0.2) is 17.1 Å². The van der Waals surface area contributed by atoms with Gasteiger partial charge in [-0.05, 0) is 31.9 Å². The number of halogens is 1. The van der Waals surface area contributed by atoms with Crippen LogP contribution < -0.4 is 5.32 Å². The highest BCUT2D eigenvalue weighted by atomic mass is 35.5. The Morgan fingerprint density at radius 3 is 2.93 bits per heavy atom. The van der Waals surface area contributed by atoms with Crippen LogP contribution in [-0.2, 0) is 0 Å². The van der Waals surface area contributed by atoms with Gasteiger partial charge in [0.25, 0.3) is 0 Å². The molecular formula is C11H15ClN2S. The second-order valence-corrected chi connectivity index (χ2v) is 5.54. The Labute approximate surface area is 99.4 Å². The fourth-order valence-electron chi connectivity index (χ4n) is 1.70. The number of aliphatic imine (C=N–C) groups is 1. The Balaban J connectivity index is 1.97. The first-order valence-corrected chi connectivity index (χ1v) is 6.50. The zero-order valence-electron chi connectivity index (χ0n) is 8.79. The van der Waals surface area contributed by atoms with Gasteiger partial charge < -0.3 is 5.32 Å². The number of nitrogens with zero attached hydrogens (tertiary/aromatic N) is 1. The lowest BCUT2D eigenvalue weighted by molar-refractivity contribution is 0.663. The van der Waals surface area contributed by atoms with Crippen molar-refractivity contribution in [1.29, 1.82) is 0 Å². The van der Waals surface area contributed by atoms with Crippen molar-refractivity contribution in [3.8, 4) is 0 Å². The highest BCUT2D eigenvalue weighted by Crippen LogP contribution is 2.26. The largest absolute Gasteiger partial charge is 0.367 e. The first kappa shape index (κ1) is 11.0. The van der Waals surface area contributed by atoms with Gasteiger partial charge in [0.2, 0.25) is 0 Å². The molecule has 0 spiro atoms. The summed E-state index contributed by atoms with van der Waals surface area (Å²) < 4.78 is 0.851. The molecule has 1 unspecified atom stereocenters. The molecule has 2 nitrogen and oxygen atoms in total. The summed E-state index contributed by atoms with van der Waals surface area (Å²) >= 11 is 7.54. The predicted octanol–water partition coefficient (Wildman–Crippen LogP) is 3.63.